The number of anilines is 1. The molecule has 1 fully saturated rings. The van der Waals surface area contributed by atoms with E-state index in [4.69, 9.17) is 4.74 Å². The van der Waals surface area contributed by atoms with Gasteiger partial charge in [-0.3, -0.25) is 9.59 Å². The first-order valence-electron chi connectivity index (χ1n) is 9.89. The summed E-state index contributed by atoms with van der Waals surface area (Å²) in [5, 5.41) is 11.0. The molecule has 1 heterocycles. The lowest BCUT2D eigenvalue weighted by Gasteiger charge is -2.24. The first-order valence-corrected chi connectivity index (χ1v) is 9.89. The second kappa shape index (κ2) is 9.34. The fourth-order valence-electron chi connectivity index (χ4n) is 3.53. The summed E-state index contributed by atoms with van der Waals surface area (Å²) in [5.41, 5.74) is 2.21. The third-order valence-corrected chi connectivity index (χ3v) is 5.09. The number of amides is 1. The van der Waals surface area contributed by atoms with Gasteiger partial charge in [0.2, 0.25) is 0 Å². The highest BCUT2D eigenvalue weighted by atomic mass is 16.5. The van der Waals surface area contributed by atoms with Crippen molar-refractivity contribution in [1.29, 1.82) is 0 Å². The van der Waals surface area contributed by atoms with E-state index in [1.807, 2.05) is 43.3 Å². The summed E-state index contributed by atoms with van der Waals surface area (Å²) in [6.07, 6.45) is 3.20. The molecule has 0 spiro atoms. The van der Waals surface area contributed by atoms with Gasteiger partial charge in [-0.1, -0.05) is 30.9 Å². The minimum Gasteiger partial charge on any atom is -0.507 e. The van der Waals surface area contributed by atoms with E-state index in [9.17, 15) is 14.7 Å². The molecule has 0 bridgehead atoms. The molecule has 6 heteroatoms. The molecule has 1 aliphatic heterocycles. The molecule has 6 nitrogen and oxygen atoms in total. The molecule has 0 saturated carbocycles. The molecule has 3 rings (SSSR count). The van der Waals surface area contributed by atoms with Crippen LogP contribution in [0.25, 0.3) is 5.76 Å². The summed E-state index contributed by atoms with van der Waals surface area (Å²) >= 11 is 0. The van der Waals surface area contributed by atoms with E-state index >= 15 is 0 Å². The fraction of sp³-hybridized carbons (Fsp3) is 0.200. The van der Waals surface area contributed by atoms with Crippen LogP contribution in [0.3, 0.4) is 0 Å². The number of rotatable bonds is 8. The number of carbonyl (C=O) groups is 2. The van der Waals surface area contributed by atoms with Gasteiger partial charge in [-0.2, -0.15) is 0 Å². The Kier molecular flexibility index (Phi) is 6.60. The first-order chi connectivity index (χ1) is 14.9. The number of hydrogen-bond donors (Lipinski definition) is 1. The summed E-state index contributed by atoms with van der Waals surface area (Å²) in [6, 6.07) is 13.5. The molecular weight excluding hydrogens is 392 g/mol. The fourth-order valence-corrected chi connectivity index (χ4v) is 3.53. The first kappa shape index (κ1) is 21.9. The Morgan fingerprint density at radius 2 is 1.71 bits per heavy atom. The third kappa shape index (κ3) is 4.38. The van der Waals surface area contributed by atoms with E-state index in [-0.39, 0.29) is 17.9 Å². The lowest BCUT2D eigenvalue weighted by atomic mass is 9.95. The average Bonchev–Trinajstić information content (AvgIpc) is 3.03. The predicted molar refractivity (Wildman–Crippen MR) is 122 cm³/mol. The number of nitrogens with zero attached hydrogens (tertiary/aromatic N) is 2. The van der Waals surface area contributed by atoms with Gasteiger partial charge >= 0.3 is 0 Å². The van der Waals surface area contributed by atoms with Crippen LogP contribution in [0.5, 0.6) is 5.75 Å². The van der Waals surface area contributed by atoms with Crippen LogP contribution in [0.1, 0.15) is 17.2 Å². The smallest absolute Gasteiger partial charge is 0.295 e. The number of ketones is 1. The number of aliphatic hydroxyl groups excluding tert-OH is 1. The largest absolute Gasteiger partial charge is 0.507 e. The van der Waals surface area contributed by atoms with Crippen LogP contribution in [0, 0.1) is 0 Å². The molecule has 31 heavy (non-hydrogen) atoms. The monoisotopic (exact) mass is 418 g/mol. The zero-order valence-electron chi connectivity index (χ0n) is 17.7. The van der Waals surface area contributed by atoms with Crippen LogP contribution in [0.15, 0.2) is 79.4 Å². The number of ether oxygens (including phenoxy) is 1. The predicted octanol–water partition coefficient (Wildman–Crippen LogP) is 3.93. The SMILES string of the molecule is C=CCOc1ccc(/C(O)=C2/C(=O)C(=O)N(CC=C)C2c2ccc(N(C)C)cc2)cc1. The molecule has 160 valence electrons. The summed E-state index contributed by atoms with van der Waals surface area (Å²) in [5.74, 6) is -0.983. The molecule has 2 aromatic carbocycles. The Morgan fingerprint density at radius 3 is 2.26 bits per heavy atom. The zero-order chi connectivity index (χ0) is 22.5. The number of benzene rings is 2. The Balaban J connectivity index is 2.07. The molecule has 1 amide bonds. The quantitative estimate of drug-likeness (QED) is 0.305. The number of hydrogen-bond acceptors (Lipinski definition) is 5. The minimum absolute atomic E-state index is 0.0595. The summed E-state index contributed by atoms with van der Waals surface area (Å²) in [6.45, 7) is 7.86. The maximum Gasteiger partial charge on any atom is 0.295 e. The van der Waals surface area contributed by atoms with Crippen molar-refractivity contribution in [2.24, 2.45) is 0 Å². The average molecular weight is 418 g/mol. The Hall–Kier alpha value is -3.80. The standard InChI is InChI=1S/C25H26N2O4/c1-5-15-27-22(17-7-11-19(12-8-17)26(3)4)21(24(29)25(27)30)23(28)18-9-13-20(14-10-18)31-16-6-2/h5-14,22,28H,1-2,15-16H2,3-4H3/b23-21-. The number of likely N-dealkylation sites (tertiary alicyclic amines) is 1. The Labute approximate surface area is 182 Å². The van der Waals surface area contributed by atoms with Gasteiger partial charge in [0.1, 0.15) is 18.1 Å². The van der Waals surface area contributed by atoms with Crippen molar-refractivity contribution in [3.63, 3.8) is 0 Å². The molecular formula is C25H26N2O4. The molecule has 1 unspecified atom stereocenters. The van der Waals surface area contributed by atoms with E-state index in [1.165, 1.54) is 4.90 Å². The van der Waals surface area contributed by atoms with E-state index in [0.717, 1.165) is 11.3 Å². The second-order valence-electron chi connectivity index (χ2n) is 7.35. The normalized spacial score (nSPS) is 17.5. The molecule has 1 atom stereocenters. The van der Waals surface area contributed by atoms with Crippen LogP contribution >= 0.6 is 0 Å². The van der Waals surface area contributed by atoms with Gasteiger partial charge in [0.05, 0.1) is 11.6 Å². The summed E-state index contributed by atoms with van der Waals surface area (Å²) in [7, 11) is 3.86. The van der Waals surface area contributed by atoms with Crippen LogP contribution < -0.4 is 9.64 Å². The minimum atomic E-state index is -0.715. The maximum atomic E-state index is 12.9. The van der Waals surface area contributed by atoms with Crippen molar-refractivity contribution in [1.82, 2.24) is 4.90 Å². The summed E-state index contributed by atoms with van der Waals surface area (Å²) in [4.78, 5) is 29.0. The van der Waals surface area contributed by atoms with Crippen molar-refractivity contribution in [3.8, 4) is 5.75 Å². The maximum absolute atomic E-state index is 12.9. The molecule has 0 aromatic heterocycles. The molecule has 0 aliphatic carbocycles. The lowest BCUT2D eigenvalue weighted by Crippen LogP contribution is -2.29. The highest BCUT2D eigenvalue weighted by Crippen LogP contribution is 2.39. The Bertz CT molecular complexity index is 1020. The molecule has 1 N–H and O–H groups in total. The van der Waals surface area contributed by atoms with E-state index in [2.05, 4.69) is 13.2 Å². The van der Waals surface area contributed by atoms with Crippen LogP contribution in [0.4, 0.5) is 5.69 Å². The molecule has 1 aliphatic rings. The molecule has 1 saturated heterocycles. The van der Waals surface area contributed by atoms with Gasteiger partial charge in [-0.05, 0) is 42.0 Å². The van der Waals surface area contributed by atoms with E-state index in [1.54, 1.807) is 36.4 Å². The van der Waals surface area contributed by atoms with Gasteiger partial charge in [0, 0.05) is 31.9 Å². The number of aliphatic hydroxyl groups is 1. The molecule has 2 aromatic rings. The van der Waals surface area contributed by atoms with Crippen molar-refractivity contribution in [2.75, 3.05) is 32.1 Å². The van der Waals surface area contributed by atoms with Crippen LogP contribution in [0.2, 0.25) is 0 Å². The van der Waals surface area contributed by atoms with Crippen molar-refractivity contribution in [2.45, 2.75) is 6.04 Å². The lowest BCUT2D eigenvalue weighted by molar-refractivity contribution is -0.139. The van der Waals surface area contributed by atoms with Gasteiger partial charge in [0.25, 0.3) is 11.7 Å². The van der Waals surface area contributed by atoms with Crippen molar-refractivity contribution in [3.05, 3.63) is 90.5 Å². The number of Topliss-reactive ketones (excluding diaryl/α,β-unsaturated/α-hetero) is 1. The van der Waals surface area contributed by atoms with Crippen LogP contribution in [-0.4, -0.2) is 48.9 Å². The van der Waals surface area contributed by atoms with E-state index in [0.29, 0.717) is 17.9 Å². The summed E-state index contributed by atoms with van der Waals surface area (Å²) < 4.78 is 5.46. The van der Waals surface area contributed by atoms with E-state index < -0.39 is 17.7 Å². The topological polar surface area (TPSA) is 70.1 Å². The second-order valence-corrected chi connectivity index (χ2v) is 7.35. The van der Waals surface area contributed by atoms with Gasteiger partial charge in [0.15, 0.2) is 0 Å². The Morgan fingerprint density at radius 1 is 1.06 bits per heavy atom. The number of carbonyl (C=O) groups excluding carboxylic acids is 2. The van der Waals surface area contributed by atoms with Gasteiger partial charge in [-0.15, -0.1) is 6.58 Å². The third-order valence-electron chi connectivity index (χ3n) is 5.09. The van der Waals surface area contributed by atoms with Gasteiger partial charge < -0.3 is 19.6 Å². The molecule has 0 radical (unpaired) electrons. The highest BCUT2D eigenvalue weighted by Gasteiger charge is 2.45. The highest BCUT2D eigenvalue weighted by molar-refractivity contribution is 6.46. The van der Waals surface area contributed by atoms with Crippen molar-refractivity contribution >= 4 is 23.1 Å². The van der Waals surface area contributed by atoms with Crippen LogP contribution in [-0.2, 0) is 9.59 Å². The van der Waals surface area contributed by atoms with Crippen molar-refractivity contribution < 1.29 is 19.4 Å². The van der Waals surface area contributed by atoms with Gasteiger partial charge in [-0.25, -0.2) is 0 Å². The zero-order valence-corrected chi connectivity index (χ0v) is 17.7.